The first-order valence-electron chi connectivity index (χ1n) is 2.59. The first kappa shape index (κ1) is 6.42. The van der Waals surface area contributed by atoms with Gasteiger partial charge < -0.3 is 0 Å². The second-order valence-electron chi connectivity index (χ2n) is 1.53. The van der Waals surface area contributed by atoms with Crippen LogP contribution in [0.2, 0.25) is 0 Å². The van der Waals surface area contributed by atoms with Crippen LogP contribution >= 0.6 is 11.9 Å². The Morgan fingerprint density at radius 3 is 3.00 bits per heavy atom. The number of rotatable bonds is 2. The normalized spacial score (nSPS) is 9.44. The topological polar surface area (TPSA) is 17.8 Å². The second-order valence-corrected chi connectivity index (χ2v) is 2.27. The van der Waals surface area contributed by atoms with Gasteiger partial charge in [-0.25, -0.2) is 4.09 Å². The van der Waals surface area contributed by atoms with E-state index < -0.39 is 0 Å². The summed E-state index contributed by atoms with van der Waals surface area (Å²) in [6, 6.07) is 1.92. The van der Waals surface area contributed by atoms with Crippen molar-refractivity contribution >= 4 is 18.0 Å². The van der Waals surface area contributed by atoms with E-state index in [4.69, 9.17) is 0 Å². The van der Waals surface area contributed by atoms with Gasteiger partial charge in [-0.1, -0.05) is 6.58 Å². The van der Waals surface area contributed by atoms with Gasteiger partial charge >= 0.3 is 0 Å². The molecule has 1 rings (SSSR count). The fourth-order valence-electron chi connectivity index (χ4n) is 0.531. The zero-order chi connectivity index (χ0) is 6.69. The van der Waals surface area contributed by atoms with E-state index in [9.17, 15) is 0 Å². The van der Waals surface area contributed by atoms with E-state index in [0.717, 1.165) is 5.69 Å². The van der Waals surface area contributed by atoms with Gasteiger partial charge in [-0.15, -0.1) is 0 Å². The molecule has 1 heterocycles. The third-order valence-electron chi connectivity index (χ3n) is 0.983. The molecule has 0 unspecified atom stereocenters. The molecule has 0 saturated carbocycles. The molecule has 1 aromatic heterocycles. The predicted octanol–water partition coefficient (Wildman–Crippen LogP) is 1.65. The Bertz CT molecular complexity index is 205. The van der Waals surface area contributed by atoms with E-state index in [1.54, 1.807) is 22.1 Å². The van der Waals surface area contributed by atoms with Crippen LogP contribution in [0.5, 0.6) is 0 Å². The van der Waals surface area contributed by atoms with Gasteiger partial charge in [0.2, 0.25) is 0 Å². The highest BCUT2D eigenvalue weighted by Gasteiger charge is 1.89. The molecule has 9 heavy (non-hydrogen) atoms. The largest absolute Gasteiger partial charge is 0.214 e. The van der Waals surface area contributed by atoms with Crippen molar-refractivity contribution in [3.05, 3.63) is 24.5 Å². The lowest BCUT2D eigenvalue weighted by molar-refractivity contribution is 1.01. The van der Waals surface area contributed by atoms with Crippen LogP contribution in [0.1, 0.15) is 5.69 Å². The Kier molecular flexibility index (Phi) is 1.95. The fourth-order valence-corrected chi connectivity index (χ4v) is 0.890. The average molecular weight is 140 g/mol. The van der Waals surface area contributed by atoms with Crippen LogP contribution in [0.15, 0.2) is 18.8 Å². The Balaban J connectivity index is 2.86. The molecular weight excluding hydrogens is 132 g/mol. The summed E-state index contributed by atoms with van der Waals surface area (Å²) in [6.07, 6.45) is 5.61. The van der Waals surface area contributed by atoms with Gasteiger partial charge in [0, 0.05) is 12.5 Å². The molecule has 48 valence electrons. The maximum absolute atomic E-state index is 4.11. The average Bonchev–Trinajstić information content (AvgIpc) is 2.34. The minimum Gasteiger partial charge on any atom is -0.214 e. The molecule has 0 aliphatic rings. The lowest BCUT2D eigenvalue weighted by atomic mass is 10.4. The summed E-state index contributed by atoms with van der Waals surface area (Å²) in [6.45, 7) is 3.59. The minimum absolute atomic E-state index is 0.921. The second kappa shape index (κ2) is 2.73. The van der Waals surface area contributed by atoms with Crippen LogP contribution in [0.4, 0.5) is 0 Å². The molecule has 0 N–H and O–H groups in total. The molecule has 2 nitrogen and oxygen atoms in total. The summed E-state index contributed by atoms with van der Waals surface area (Å²) in [4.78, 5) is 0. The van der Waals surface area contributed by atoms with Crippen molar-refractivity contribution in [2.24, 2.45) is 0 Å². The predicted molar refractivity (Wildman–Crippen MR) is 41.2 cm³/mol. The lowest BCUT2D eigenvalue weighted by Gasteiger charge is -1.87. The van der Waals surface area contributed by atoms with Crippen molar-refractivity contribution in [3.8, 4) is 0 Å². The third-order valence-corrected chi connectivity index (χ3v) is 1.56. The highest BCUT2D eigenvalue weighted by Crippen LogP contribution is 2.01. The van der Waals surface area contributed by atoms with Crippen LogP contribution in [0.3, 0.4) is 0 Å². The van der Waals surface area contributed by atoms with Gasteiger partial charge in [0.25, 0.3) is 0 Å². The molecule has 0 aliphatic carbocycles. The van der Waals surface area contributed by atoms with E-state index in [1.807, 2.05) is 18.5 Å². The molecular formula is C6H8N2S. The quantitative estimate of drug-likeness (QED) is 0.621. The van der Waals surface area contributed by atoms with Crippen molar-refractivity contribution in [3.63, 3.8) is 0 Å². The van der Waals surface area contributed by atoms with E-state index in [1.165, 1.54) is 0 Å². The Hall–Kier alpha value is -0.700. The van der Waals surface area contributed by atoms with Gasteiger partial charge in [0.15, 0.2) is 0 Å². The van der Waals surface area contributed by atoms with Crippen molar-refractivity contribution in [1.82, 2.24) is 9.19 Å². The van der Waals surface area contributed by atoms with Crippen molar-refractivity contribution < 1.29 is 0 Å². The molecule has 0 aromatic carbocycles. The smallest absolute Gasteiger partial charge is 0.0855 e. The van der Waals surface area contributed by atoms with Gasteiger partial charge in [-0.3, -0.25) is 0 Å². The molecule has 3 heteroatoms. The van der Waals surface area contributed by atoms with Crippen LogP contribution in [-0.2, 0) is 0 Å². The zero-order valence-electron chi connectivity index (χ0n) is 5.24. The molecule has 0 aliphatic heterocycles. The fraction of sp³-hybridized carbons (Fsp3) is 0.167. The van der Waals surface area contributed by atoms with Crippen LogP contribution < -0.4 is 0 Å². The molecule has 0 atom stereocenters. The first-order valence-corrected chi connectivity index (χ1v) is 3.77. The number of aromatic nitrogens is 2. The van der Waals surface area contributed by atoms with E-state index in [-0.39, 0.29) is 0 Å². The van der Waals surface area contributed by atoms with Crippen molar-refractivity contribution in [2.75, 3.05) is 6.26 Å². The minimum atomic E-state index is 0.921. The highest BCUT2D eigenvalue weighted by atomic mass is 32.2. The SMILES string of the molecule is C=Cc1ccn(SC)n1. The van der Waals surface area contributed by atoms with E-state index in [2.05, 4.69) is 11.7 Å². The van der Waals surface area contributed by atoms with Crippen LogP contribution in [0.25, 0.3) is 6.08 Å². The Morgan fingerprint density at radius 1 is 1.89 bits per heavy atom. The van der Waals surface area contributed by atoms with Crippen molar-refractivity contribution in [1.29, 1.82) is 0 Å². The molecule has 0 bridgehead atoms. The Morgan fingerprint density at radius 2 is 2.67 bits per heavy atom. The number of hydrogen-bond donors (Lipinski definition) is 0. The van der Waals surface area contributed by atoms with Crippen LogP contribution in [-0.4, -0.2) is 15.4 Å². The summed E-state index contributed by atoms with van der Waals surface area (Å²) in [5.41, 5.74) is 0.921. The summed E-state index contributed by atoms with van der Waals surface area (Å²) >= 11 is 1.56. The van der Waals surface area contributed by atoms with E-state index >= 15 is 0 Å². The van der Waals surface area contributed by atoms with Gasteiger partial charge in [-0.2, -0.15) is 5.10 Å². The molecule has 0 spiro atoms. The molecule has 0 fully saturated rings. The van der Waals surface area contributed by atoms with Gasteiger partial charge in [0.05, 0.1) is 5.69 Å². The van der Waals surface area contributed by atoms with Crippen molar-refractivity contribution in [2.45, 2.75) is 0 Å². The summed E-state index contributed by atoms with van der Waals surface area (Å²) < 4.78 is 1.79. The van der Waals surface area contributed by atoms with Gasteiger partial charge in [-0.05, 0) is 24.1 Å². The Labute approximate surface area is 58.7 Å². The number of nitrogens with zero attached hydrogens (tertiary/aromatic N) is 2. The number of hydrogen-bond acceptors (Lipinski definition) is 2. The summed E-state index contributed by atoms with van der Waals surface area (Å²) in [7, 11) is 0. The van der Waals surface area contributed by atoms with Gasteiger partial charge in [0.1, 0.15) is 0 Å². The summed E-state index contributed by atoms with van der Waals surface area (Å²) in [5, 5.41) is 4.11. The highest BCUT2D eigenvalue weighted by molar-refractivity contribution is 7.97. The lowest BCUT2D eigenvalue weighted by Crippen LogP contribution is -1.83. The van der Waals surface area contributed by atoms with Crippen LogP contribution in [0, 0.1) is 0 Å². The molecule has 0 amide bonds. The zero-order valence-corrected chi connectivity index (χ0v) is 6.06. The molecule has 0 radical (unpaired) electrons. The van der Waals surface area contributed by atoms with E-state index in [0.29, 0.717) is 0 Å². The monoisotopic (exact) mass is 140 g/mol. The maximum atomic E-state index is 4.11. The summed E-state index contributed by atoms with van der Waals surface area (Å²) in [5.74, 6) is 0. The maximum Gasteiger partial charge on any atom is 0.0855 e. The standard InChI is InChI=1S/C6H8N2S/c1-3-6-4-5-8(7-6)9-2/h3-5H,1H2,2H3. The first-order chi connectivity index (χ1) is 4.36. The molecule has 0 saturated heterocycles. The third kappa shape index (κ3) is 1.36. The molecule has 1 aromatic rings.